The molecule has 0 saturated carbocycles. The standard InChI is InChI=1S/C16H21NO4/c1-11-4-3-5-14(12(11)2)16(20)17-8-6-13(7-9-17)21-10-15(18)19/h3-5,13H,6-10H2,1-2H3,(H,18,19). The van der Waals surface area contributed by atoms with Gasteiger partial charge in [0.15, 0.2) is 0 Å². The van der Waals surface area contributed by atoms with Crippen LogP contribution < -0.4 is 0 Å². The molecule has 2 rings (SSSR count). The average Bonchev–Trinajstić information content (AvgIpc) is 2.48. The lowest BCUT2D eigenvalue weighted by molar-refractivity contribution is -0.145. The number of rotatable bonds is 4. The fourth-order valence-corrected chi connectivity index (χ4v) is 2.57. The van der Waals surface area contributed by atoms with Crippen LogP contribution in [0.25, 0.3) is 0 Å². The molecule has 1 aromatic rings. The lowest BCUT2D eigenvalue weighted by atomic mass is 10.0. The van der Waals surface area contributed by atoms with Crippen molar-refractivity contribution in [3.63, 3.8) is 0 Å². The third-order valence-electron chi connectivity index (χ3n) is 4.01. The molecule has 0 spiro atoms. The molecule has 0 unspecified atom stereocenters. The van der Waals surface area contributed by atoms with Crippen LogP contribution >= 0.6 is 0 Å². The van der Waals surface area contributed by atoms with Gasteiger partial charge in [-0.1, -0.05) is 12.1 Å². The zero-order valence-electron chi connectivity index (χ0n) is 12.5. The van der Waals surface area contributed by atoms with Crippen LogP contribution in [-0.4, -0.2) is 47.7 Å². The van der Waals surface area contributed by atoms with Crippen LogP contribution in [0.3, 0.4) is 0 Å². The van der Waals surface area contributed by atoms with Gasteiger partial charge < -0.3 is 14.7 Å². The highest BCUT2D eigenvalue weighted by Gasteiger charge is 2.25. The first kappa shape index (κ1) is 15.5. The number of benzene rings is 1. The van der Waals surface area contributed by atoms with Crippen LogP contribution in [0.2, 0.25) is 0 Å². The number of piperidine rings is 1. The van der Waals surface area contributed by atoms with Crippen molar-refractivity contribution in [2.24, 2.45) is 0 Å². The summed E-state index contributed by atoms with van der Waals surface area (Å²) in [6.07, 6.45) is 1.30. The first-order valence-corrected chi connectivity index (χ1v) is 7.18. The second-order valence-corrected chi connectivity index (χ2v) is 5.44. The summed E-state index contributed by atoms with van der Waals surface area (Å²) in [7, 11) is 0. The van der Waals surface area contributed by atoms with Gasteiger partial charge in [-0.05, 0) is 43.9 Å². The maximum absolute atomic E-state index is 12.5. The van der Waals surface area contributed by atoms with Gasteiger partial charge in [0.05, 0.1) is 6.10 Å². The van der Waals surface area contributed by atoms with E-state index in [0.717, 1.165) is 16.7 Å². The number of amides is 1. The monoisotopic (exact) mass is 291 g/mol. The summed E-state index contributed by atoms with van der Waals surface area (Å²) < 4.78 is 5.28. The average molecular weight is 291 g/mol. The smallest absolute Gasteiger partial charge is 0.329 e. The van der Waals surface area contributed by atoms with Crippen molar-refractivity contribution in [2.75, 3.05) is 19.7 Å². The number of hydrogen-bond acceptors (Lipinski definition) is 3. The summed E-state index contributed by atoms with van der Waals surface area (Å²) >= 11 is 0. The maximum atomic E-state index is 12.5. The Morgan fingerprint density at radius 1 is 1.29 bits per heavy atom. The van der Waals surface area contributed by atoms with Crippen molar-refractivity contribution in [1.82, 2.24) is 4.90 Å². The van der Waals surface area contributed by atoms with Crippen molar-refractivity contribution in [3.8, 4) is 0 Å². The highest BCUT2D eigenvalue weighted by atomic mass is 16.5. The molecule has 114 valence electrons. The van der Waals surface area contributed by atoms with E-state index >= 15 is 0 Å². The zero-order valence-corrected chi connectivity index (χ0v) is 12.5. The number of carbonyl (C=O) groups excluding carboxylic acids is 1. The van der Waals surface area contributed by atoms with Gasteiger partial charge in [0, 0.05) is 18.7 Å². The molecule has 0 aromatic heterocycles. The van der Waals surface area contributed by atoms with E-state index in [0.29, 0.717) is 25.9 Å². The van der Waals surface area contributed by atoms with Crippen molar-refractivity contribution < 1.29 is 19.4 Å². The van der Waals surface area contributed by atoms with E-state index in [4.69, 9.17) is 9.84 Å². The number of aryl methyl sites for hydroxylation is 1. The van der Waals surface area contributed by atoms with Gasteiger partial charge in [-0.15, -0.1) is 0 Å². The van der Waals surface area contributed by atoms with E-state index in [-0.39, 0.29) is 18.6 Å². The molecule has 1 aromatic carbocycles. The minimum atomic E-state index is -0.955. The number of carboxylic acid groups (broad SMARTS) is 1. The van der Waals surface area contributed by atoms with Gasteiger partial charge in [0.2, 0.25) is 0 Å². The first-order chi connectivity index (χ1) is 9.99. The molecule has 0 aliphatic carbocycles. The Balaban J connectivity index is 1.94. The van der Waals surface area contributed by atoms with Gasteiger partial charge in [-0.2, -0.15) is 0 Å². The molecule has 0 atom stereocenters. The lowest BCUT2D eigenvalue weighted by Gasteiger charge is -2.32. The number of carbonyl (C=O) groups is 2. The summed E-state index contributed by atoms with van der Waals surface area (Å²) in [4.78, 5) is 24.8. The Morgan fingerprint density at radius 3 is 2.57 bits per heavy atom. The number of likely N-dealkylation sites (tertiary alicyclic amines) is 1. The highest BCUT2D eigenvalue weighted by molar-refractivity contribution is 5.96. The van der Waals surface area contributed by atoms with E-state index in [1.54, 1.807) is 0 Å². The molecule has 21 heavy (non-hydrogen) atoms. The lowest BCUT2D eigenvalue weighted by Crippen LogP contribution is -2.41. The predicted octanol–water partition coefficient (Wildman–Crippen LogP) is 2.01. The molecule has 0 bridgehead atoms. The van der Waals surface area contributed by atoms with Crippen molar-refractivity contribution >= 4 is 11.9 Å². The van der Waals surface area contributed by atoms with E-state index in [9.17, 15) is 9.59 Å². The molecule has 1 aliphatic heterocycles. The molecular formula is C16H21NO4. The number of ether oxygens (including phenoxy) is 1. The highest BCUT2D eigenvalue weighted by Crippen LogP contribution is 2.19. The van der Waals surface area contributed by atoms with Gasteiger partial charge >= 0.3 is 5.97 Å². The van der Waals surface area contributed by atoms with Crippen molar-refractivity contribution in [3.05, 3.63) is 34.9 Å². The molecule has 1 N–H and O–H groups in total. The van der Waals surface area contributed by atoms with Gasteiger partial charge in [0.1, 0.15) is 6.61 Å². The fourth-order valence-electron chi connectivity index (χ4n) is 2.57. The molecule has 1 saturated heterocycles. The molecule has 1 amide bonds. The Labute approximate surface area is 124 Å². The van der Waals surface area contributed by atoms with Gasteiger partial charge in [-0.3, -0.25) is 4.79 Å². The maximum Gasteiger partial charge on any atom is 0.329 e. The summed E-state index contributed by atoms with van der Waals surface area (Å²) in [5.41, 5.74) is 2.88. The topological polar surface area (TPSA) is 66.8 Å². The normalized spacial score (nSPS) is 16.0. The molecular weight excluding hydrogens is 270 g/mol. The van der Waals surface area contributed by atoms with Crippen molar-refractivity contribution in [2.45, 2.75) is 32.8 Å². The predicted molar refractivity (Wildman–Crippen MR) is 78.4 cm³/mol. The third-order valence-corrected chi connectivity index (χ3v) is 4.01. The summed E-state index contributed by atoms with van der Waals surface area (Å²) in [5.74, 6) is -0.906. The SMILES string of the molecule is Cc1cccc(C(=O)N2CCC(OCC(=O)O)CC2)c1C. The third kappa shape index (κ3) is 3.82. The molecule has 1 heterocycles. The second-order valence-electron chi connectivity index (χ2n) is 5.44. The summed E-state index contributed by atoms with van der Waals surface area (Å²) in [6, 6.07) is 5.76. The Kier molecular flexibility index (Phi) is 4.96. The molecule has 1 fully saturated rings. The number of hydrogen-bond donors (Lipinski definition) is 1. The van der Waals surface area contributed by atoms with Gasteiger partial charge in [-0.25, -0.2) is 4.79 Å². The Hall–Kier alpha value is -1.88. The van der Waals surface area contributed by atoms with Gasteiger partial charge in [0.25, 0.3) is 5.91 Å². The largest absolute Gasteiger partial charge is 0.480 e. The van der Waals surface area contributed by atoms with E-state index in [1.165, 1.54) is 0 Å². The number of carboxylic acids is 1. The second kappa shape index (κ2) is 6.72. The molecule has 5 heteroatoms. The Bertz CT molecular complexity index is 533. The van der Waals surface area contributed by atoms with Crippen LogP contribution in [0.4, 0.5) is 0 Å². The van der Waals surface area contributed by atoms with Crippen LogP contribution in [0, 0.1) is 13.8 Å². The van der Waals surface area contributed by atoms with E-state index in [2.05, 4.69) is 0 Å². The Morgan fingerprint density at radius 2 is 1.95 bits per heavy atom. The molecule has 5 nitrogen and oxygen atoms in total. The van der Waals surface area contributed by atoms with Crippen LogP contribution in [0.1, 0.15) is 34.3 Å². The minimum absolute atomic E-state index is 0.0490. The first-order valence-electron chi connectivity index (χ1n) is 7.18. The summed E-state index contributed by atoms with van der Waals surface area (Å²) in [5, 5.41) is 8.60. The van der Waals surface area contributed by atoms with Crippen molar-refractivity contribution in [1.29, 1.82) is 0 Å². The van der Waals surface area contributed by atoms with E-state index in [1.807, 2.05) is 36.9 Å². The molecule has 1 aliphatic rings. The fraction of sp³-hybridized carbons (Fsp3) is 0.500. The van der Waals surface area contributed by atoms with E-state index < -0.39 is 5.97 Å². The number of nitrogens with zero attached hydrogens (tertiary/aromatic N) is 1. The van der Waals surface area contributed by atoms with Crippen LogP contribution in [0.15, 0.2) is 18.2 Å². The zero-order chi connectivity index (χ0) is 15.4. The van der Waals surface area contributed by atoms with Crippen LogP contribution in [0.5, 0.6) is 0 Å². The number of aliphatic carboxylic acids is 1. The minimum Gasteiger partial charge on any atom is -0.480 e. The summed E-state index contributed by atoms with van der Waals surface area (Å²) in [6.45, 7) is 4.91. The van der Waals surface area contributed by atoms with Crippen LogP contribution in [-0.2, 0) is 9.53 Å². The quantitative estimate of drug-likeness (QED) is 0.921. The molecule has 0 radical (unpaired) electrons.